The van der Waals surface area contributed by atoms with Crippen molar-refractivity contribution >= 4 is 27.8 Å². The molecule has 1 saturated heterocycles. The molecule has 2 rings (SSSR count). The monoisotopic (exact) mass is 341 g/mol. The van der Waals surface area contributed by atoms with Crippen LogP contribution in [0.5, 0.6) is 5.75 Å². The van der Waals surface area contributed by atoms with Crippen molar-refractivity contribution in [3.05, 3.63) is 28.2 Å². The number of nitrogens with zero attached hydrogens (tertiary/aromatic N) is 1. The van der Waals surface area contributed by atoms with Crippen molar-refractivity contribution in [3.8, 4) is 5.75 Å². The highest BCUT2D eigenvalue weighted by atomic mass is 79.9. The van der Waals surface area contributed by atoms with Crippen LogP contribution in [0.1, 0.15) is 23.2 Å². The first-order chi connectivity index (χ1) is 9.52. The molecule has 1 aliphatic rings. The van der Waals surface area contributed by atoms with Gasteiger partial charge in [0.25, 0.3) is 5.91 Å². The summed E-state index contributed by atoms with van der Waals surface area (Å²) in [6, 6.07) is 5.11. The molecule has 1 aromatic rings. The summed E-state index contributed by atoms with van der Waals surface area (Å²) < 4.78 is 5.83. The minimum absolute atomic E-state index is 0.140. The van der Waals surface area contributed by atoms with Gasteiger partial charge in [0.1, 0.15) is 5.75 Å². The van der Waals surface area contributed by atoms with Gasteiger partial charge in [0.15, 0.2) is 0 Å². The Kier molecular flexibility index (Phi) is 4.65. The number of benzene rings is 1. The van der Waals surface area contributed by atoms with Crippen molar-refractivity contribution in [2.75, 3.05) is 20.2 Å². The second-order valence-electron chi connectivity index (χ2n) is 4.78. The fourth-order valence-electron chi connectivity index (χ4n) is 2.35. The molecule has 0 saturated carbocycles. The molecule has 5 nitrogen and oxygen atoms in total. The molecule has 0 bridgehead atoms. The average molecular weight is 342 g/mol. The summed E-state index contributed by atoms with van der Waals surface area (Å²) in [7, 11) is 1.56. The summed E-state index contributed by atoms with van der Waals surface area (Å²) in [6.07, 6.45) is 1.35. The number of carbonyl (C=O) groups is 2. The number of ether oxygens (including phenoxy) is 1. The summed E-state index contributed by atoms with van der Waals surface area (Å²) in [5.41, 5.74) is 0.531. The van der Waals surface area contributed by atoms with Gasteiger partial charge in [0.2, 0.25) is 0 Å². The number of hydrogen-bond donors (Lipinski definition) is 1. The van der Waals surface area contributed by atoms with E-state index >= 15 is 0 Å². The van der Waals surface area contributed by atoms with Gasteiger partial charge in [-0.1, -0.05) is 0 Å². The number of rotatable bonds is 3. The second-order valence-corrected chi connectivity index (χ2v) is 5.63. The van der Waals surface area contributed by atoms with Crippen LogP contribution in [0.2, 0.25) is 0 Å². The lowest BCUT2D eigenvalue weighted by Crippen LogP contribution is -2.42. The number of hydrogen-bond acceptors (Lipinski definition) is 3. The van der Waals surface area contributed by atoms with Crippen LogP contribution < -0.4 is 4.74 Å². The van der Waals surface area contributed by atoms with E-state index in [9.17, 15) is 9.59 Å². The van der Waals surface area contributed by atoms with Crippen LogP contribution >= 0.6 is 15.9 Å². The van der Waals surface area contributed by atoms with Crippen molar-refractivity contribution in [3.63, 3.8) is 0 Å². The maximum atomic E-state index is 12.4. The van der Waals surface area contributed by atoms with E-state index in [-0.39, 0.29) is 12.5 Å². The zero-order chi connectivity index (χ0) is 14.7. The smallest absolute Gasteiger partial charge is 0.308 e. The third-order valence-corrected chi connectivity index (χ3v) is 4.08. The number of amides is 1. The van der Waals surface area contributed by atoms with Crippen LogP contribution in [0.25, 0.3) is 0 Å². The van der Waals surface area contributed by atoms with Crippen LogP contribution in [0.4, 0.5) is 0 Å². The molecule has 0 aromatic heterocycles. The Morgan fingerprint density at radius 2 is 2.20 bits per heavy atom. The van der Waals surface area contributed by atoms with E-state index < -0.39 is 11.9 Å². The third-order valence-electron chi connectivity index (χ3n) is 3.46. The number of halogens is 1. The quantitative estimate of drug-likeness (QED) is 0.916. The van der Waals surface area contributed by atoms with Crippen molar-refractivity contribution in [2.45, 2.75) is 12.8 Å². The van der Waals surface area contributed by atoms with E-state index in [4.69, 9.17) is 9.84 Å². The van der Waals surface area contributed by atoms with Crippen molar-refractivity contribution < 1.29 is 19.4 Å². The van der Waals surface area contributed by atoms with Crippen LogP contribution in [-0.2, 0) is 4.79 Å². The van der Waals surface area contributed by atoms with Gasteiger partial charge in [-0.25, -0.2) is 0 Å². The molecule has 0 radical (unpaired) electrons. The zero-order valence-corrected chi connectivity index (χ0v) is 12.7. The molecule has 1 N–H and O–H groups in total. The number of carboxylic acids is 1. The van der Waals surface area contributed by atoms with Crippen LogP contribution in [-0.4, -0.2) is 42.1 Å². The molecule has 1 amide bonds. The highest BCUT2D eigenvalue weighted by Crippen LogP contribution is 2.27. The first kappa shape index (κ1) is 14.8. The fourth-order valence-corrected chi connectivity index (χ4v) is 2.89. The lowest BCUT2D eigenvalue weighted by Gasteiger charge is -2.30. The van der Waals surface area contributed by atoms with E-state index in [1.54, 1.807) is 30.2 Å². The Labute approximate surface area is 125 Å². The van der Waals surface area contributed by atoms with Crippen molar-refractivity contribution in [1.29, 1.82) is 0 Å². The SMILES string of the molecule is COc1ccc(C(=O)N2CCC[C@H](C(=O)O)C2)cc1Br. The standard InChI is InChI=1S/C14H16BrNO4/c1-20-12-5-4-9(7-11(12)15)13(17)16-6-2-3-10(8-16)14(18)19/h4-5,7,10H,2-3,6,8H2,1H3,(H,18,19)/t10-/m0/s1. The molecule has 0 aliphatic carbocycles. The van der Waals surface area contributed by atoms with Gasteiger partial charge < -0.3 is 14.7 Å². The lowest BCUT2D eigenvalue weighted by atomic mass is 9.97. The van der Waals surface area contributed by atoms with E-state index in [0.29, 0.717) is 28.8 Å². The van der Waals surface area contributed by atoms with Crippen LogP contribution in [0.3, 0.4) is 0 Å². The molecular formula is C14H16BrNO4. The predicted molar refractivity (Wildman–Crippen MR) is 77.0 cm³/mol. The van der Waals surface area contributed by atoms with Gasteiger partial charge in [0.05, 0.1) is 17.5 Å². The maximum absolute atomic E-state index is 12.4. The molecule has 1 atom stereocenters. The van der Waals surface area contributed by atoms with Crippen molar-refractivity contribution in [2.24, 2.45) is 5.92 Å². The van der Waals surface area contributed by atoms with Gasteiger partial charge in [-0.05, 0) is 47.0 Å². The Hall–Kier alpha value is -1.56. The Bertz CT molecular complexity index is 532. The lowest BCUT2D eigenvalue weighted by molar-refractivity contribution is -0.143. The van der Waals surface area contributed by atoms with Crippen molar-refractivity contribution in [1.82, 2.24) is 4.90 Å². The highest BCUT2D eigenvalue weighted by molar-refractivity contribution is 9.10. The molecule has 20 heavy (non-hydrogen) atoms. The number of methoxy groups -OCH3 is 1. The topological polar surface area (TPSA) is 66.8 Å². The minimum Gasteiger partial charge on any atom is -0.496 e. The Balaban J connectivity index is 2.14. The molecule has 1 aromatic carbocycles. The summed E-state index contributed by atoms with van der Waals surface area (Å²) in [5, 5.41) is 9.06. The Morgan fingerprint density at radius 3 is 2.80 bits per heavy atom. The van der Waals surface area contributed by atoms with Crippen LogP contribution in [0.15, 0.2) is 22.7 Å². The summed E-state index contributed by atoms with van der Waals surface area (Å²) in [5.74, 6) is -0.782. The summed E-state index contributed by atoms with van der Waals surface area (Å²) in [4.78, 5) is 25.0. The number of carbonyl (C=O) groups excluding carboxylic acids is 1. The van der Waals surface area contributed by atoms with E-state index in [2.05, 4.69) is 15.9 Å². The first-order valence-electron chi connectivity index (χ1n) is 6.38. The molecule has 1 aliphatic heterocycles. The largest absolute Gasteiger partial charge is 0.496 e. The van der Waals surface area contributed by atoms with E-state index in [1.807, 2.05) is 0 Å². The van der Waals surface area contributed by atoms with Gasteiger partial charge in [-0.2, -0.15) is 0 Å². The fraction of sp³-hybridized carbons (Fsp3) is 0.429. The number of piperidine rings is 1. The predicted octanol–water partition coefficient (Wildman–Crippen LogP) is 2.39. The molecule has 0 unspecified atom stereocenters. The summed E-state index contributed by atoms with van der Waals surface area (Å²) in [6.45, 7) is 0.879. The van der Waals surface area contributed by atoms with Gasteiger partial charge in [-0.15, -0.1) is 0 Å². The number of likely N-dealkylation sites (tertiary alicyclic amines) is 1. The second kappa shape index (κ2) is 6.26. The van der Waals surface area contributed by atoms with Crippen LogP contribution in [0, 0.1) is 5.92 Å². The van der Waals surface area contributed by atoms with Gasteiger partial charge >= 0.3 is 5.97 Å². The maximum Gasteiger partial charge on any atom is 0.308 e. The number of aliphatic carboxylic acids is 1. The summed E-state index contributed by atoms with van der Waals surface area (Å²) >= 11 is 3.34. The Morgan fingerprint density at radius 1 is 1.45 bits per heavy atom. The molecule has 6 heteroatoms. The van der Waals surface area contributed by atoms with E-state index in [0.717, 1.165) is 6.42 Å². The highest BCUT2D eigenvalue weighted by Gasteiger charge is 2.28. The number of carboxylic acid groups (broad SMARTS) is 1. The third kappa shape index (κ3) is 3.12. The molecule has 0 spiro atoms. The molecular weight excluding hydrogens is 326 g/mol. The zero-order valence-electron chi connectivity index (χ0n) is 11.1. The minimum atomic E-state index is -0.835. The molecule has 108 valence electrons. The van der Waals surface area contributed by atoms with Gasteiger partial charge in [0, 0.05) is 18.7 Å². The van der Waals surface area contributed by atoms with Gasteiger partial charge in [-0.3, -0.25) is 9.59 Å². The normalized spacial score (nSPS) is 18.7. The molecule has 1 heterocycles. The first-order valence-corrected chi connectivity index (χ1v) is 7.18. The van der Waals surface area contributed by atoms with E-state index in [1.165, 1.54) is 0 Å². The molecule has 1 fully saturated rings. The average Bonchev–Trinajstić information content (AvgIpc) is 2.46.